The maximum Gasteiger partial charge on any atom is 0.266 e. The van der Waals surface area contributed by atoms with Crippen molar-refractivity contribution in [3.8, 4) is 0 Å². The molecule has 4 rings (SSSR count). The molecule has 0 radical (unpaired) electrons. The highest BCUT2D eigenvalue weighted by molar-refractivity contribution is 14.1. The molecule has 0 unspecified atom stereocenters. The van der Waals surface area contributed by atoms with Gasteiger partial charge in [0.15, 0.2) is 0 Å². The summed E-state index contributed by atoms with van der Waals surface area (Å²) < 4.78 is 16.3. The van der Waals surface area contributed by atoms with Crippen LogP contribution in [0.3, 0.4) is 0 Å². The molecular formula is C21H15FIN3O2S. The third kappa shape index (κ3) is 3.95. The quantitative estimate of drug-likeness (QED) is 0.394. The molecule has 2 aromatic carbocycles. The molecule has 0 saturated heterocycles. The van der Waals surface area contributed by atoms with Crippen LogP contribution in [0.15, 0.2) is 59.7 Å². The standard InChI is InChI=1S/C21H15FIN3O2S/c1-12-17-20(24-11-26(21(17)28)10-13-5-3-2-4-6-13)29-18(12)19(27)25-16-8-7-14(23)9-15(16)22/h2-9,11H,10H2,1H3,(H,25,27). The van der Waals surface area contributed by atoms with Crippen LogP contribution in [0.25, 0.3) is 10.2 Å². The van der Waals surface area contributed by atoms with Gasteiger partial charge in [0.25, 0.3) is 11.5 Å². The van der Waals surface area contributed by atoms with Crippen molar-refractivity contribution in [2.24, 2.45) is 0 Å². The Balaban J connectivity index is 1.69. The average Bonchev–Trinajstić information content (AvgIpc) is 3.04. The van der Waals surface area contributed by atoms with E-state index in [0.29, 0.717) is 27.2 Å². The minimum Gasteiger partial charge on any atom is -0.319 e. The molecule has 0 spiro atoms. The van der Waals surface area contributed by atoms with Crippen LogP contribution in [0.1, 0.15) is 20.8 Å². The zero-order valence-corrected chi connectivity index (χ0v) is 18.3. The molecule has 146 valence electrons. The number of amides is 1. The lowest BCUT2D eigenvalue weighted by molar-refractivity contribution is 0.102. The van der Waals surface area contributed by atoms with E-state index < -0.39 is 11.7 Å². The van der Waals surface area contributed by atoms with Crippen LogP contribution >= 0.6 is 33.9 Å². The Morgan fingerprint density at radius 3 is 2.72 bits per heavy atom. The van der Waals surface area contributed by atoms with E-state index in [9.17, 15) is 14.0 Å². The molecular weight excluding hydrogens is 504 g/mol. The molecule has 0 aliphatic carbocycles. The number of carbonyl (C=O) groups excluding carboxylic acids is 1. The van der Waals surface area contributed by atoms with Gasteiger partial charge in [-0.05, 0) is 58.8 Å². The Hall–Kier alpha value is -2.59. The Morgan fingerprint density at radius 2 is 2.00 bits per heavy atom. The zero-order valence-electron chi connectivity index (χ0n) is 15.3. The second-order valence-electron chi connectivity index (χ2n) is 6.48. The van der Waals surface area contributed by atoms with E-state index >= 15 is 0 Å². The molecule has 1 amide bonds. The number of fused-ring (bicyclic) bond motifs is 1. The number of hydrogen-bond donors (Lipinski definition) is 1. The van der Waals surface area contributed by atoms with Gasteiger partial charge in [0.2, 0.25) is 0 Å². The van der Waals surface area contributed by atoms with Crippen LogP contribution in [0.5, 0.6) is 0 Å². The Kier molecular flexibility index (Phi) is 5.46. The highest BCUT2D eigenvalue weighted by atomic mass is 127. The summed E-state index contributed by atoms with van der Waals surface area (Å²) >= 11 is 3.13. The van der Waals surface area contributed by atoms with Crippen LogP contribution in [0.4, 0.5) is 10.1 Å². The number of halogens is 2. The van der Waals surface area contributed by atoms with E-state index in [1.165, 1.54) is 23.0 Å². The van der Waals surface area contributed by atoms with Gasteiger partial charge in [0.1, 0.15) is 10.6 Å². The van der Waals surface area contributed by atoms with Crippen molar-refractivity contribution in [3.63, 3.8) is 0 Å². The summed E-state index contributed by atoms with van der Waals surface area (Å²) in [5.41, 5.74) is 1.43. The van der Waals surface area contributed by atoms with Crippen LogP contribution in [-0.4, -0.2) is 15.5 Å². The van der Waals surface area contributed by atoms with Crippen molar-refractivity contribution in [1.82, 2.24) is 9.55 Å². The van der Waals surface area contributed by atoms with Gasteiger partial charge in [0.05, 0.1) is 28.8 Å². The normalized spacial score (nSPS) is 11.0. The number of carbonyl (C=O) groups is 1. The molecule has 29 heavy (non-hydrogen) atoms. The SMILES string of the molecule is Cc1c(C(=O)Nc2ccc(I)cc2F)sc2ncn(Cc3ccccc3)c(=O)c12. The maximum atomic E-state index is 14.1. The lowest BCUT2D eigenvalue weighted by atomic mass is 10.2. The lowest BCUT2D eigenvalue weighted by Gasteiger charge is -2.06. The van der Waals surface area contributed by atoms with Crippen molar-refractivity contribution in [2.45, 2.75) is 13.5 Å². The molecule has 4 aromatic rings. The largest absolute Gasteiger partial charge is 0.319 e. The predicted molar refractivity (Wildman–Crippen MR) is 121 cm³/mol. The van der Waals surface area contributed by atoms with Crippen molar-refractivity contribution in [3.05, 3.63) is 90.6 Å². The number of rotatable bonds is 4. The number of nitrogens with zero attached hydrogens (tertiary/aromatic N) is 2. The van der Waals surface area contributed by atoms with Gasteiger partial charge in [0, 0.05) is 3.57 Å². The van der Waals surface area contributed by atoms with Gasteiger partial charge >= 0.3 is 0 Å². The first-order valence-corrected chi connectivity index (χ1v) is 10.6. The van der Waals surface area contributed by atoms with Crippen molar-refractivity contribution < 1.29 is 9.18 Å². The zero-order chi connectivity index (χ0) is 20.5. The van der Waals surface area contributed by atoms with Crippen molar-refractivity contribution in [1.29, 1.82) is 0 Å². The summed E-state index contributed by atoms with van der Waals surface area (Å²) in [5.74, 6) is -0.966. The van der Waals surface area contributed by atoms with E-state index in [2.05, 4.69) is 10.3 Å². The van der Waals surface area contributed by atoms with Crippen LogP contribution < -0.4 is 10.9 Å². The third-order valence-electron chi connectivity index (χ3n) is 4.50. The first-order chi connectivity index (χ1) is 13.9. The van der Waals surface area contributed by atoms with E-state index in [4.69, 9.17) is 0 Å². The molecule has 0 fully saturated rings. The lowest BCUT2D eigenvalue weighted by Crippen LogP contribution is -2.21. The van der Waals surface area contributed by atoms with Gasteiger partial charge < -0.3 is 5.32 Å². The summed E-state index contributed by atoms with van der Waals surface area (Å²) in [4.78, 5) is 30.9. The van der Waals surface area contributed by atoms with Crippen molar-refractivity contribution in [2.75, 3.05) is 5.32 Å². The molecule has 2 heterocycles. The topological polar surface area (TPSA) is 64.0 Å². The Bertz CT molecular complexity index is 1280. The summed E-state index contributed by atoms with van der Waals surface area (Å²) in [6.07, 6.45) is 1.49. The molecule has 0 aliphatic rings. The molecule has 0 atom stereocenters. The molecule has 0 aliphatic heterocycles. The van der Waals surface area contributed by atoms with E-state index in [0.717, 1.165) is 20.5 Å². The highest BCUT2D eigenvalue weighted by Gasteiger charge is 2.20. The summed E-state index contributed by atoms with van der Waals surface area (Å²) in [6.45, 7) is 2.11. The van der Waals surface area contributed by atoms with E-state index in [1.54, 1.807) is 13.0 Å². The number of anilines is 1. The second kappa shape index (κ2) is 8.03. The smallest absolute Gasteiger partial charge is 0.266 e. The van der Waals surface area contributed by atoms with Gasteiger partial charge in [-0.15, -0.1) is 11.3 Å². The van der Waals surface area contributed by atoms with Gasteiger partial charge in [-0.1, -0.05) is 30.3 Å². The fourth-order valence-corrected chi connectivity index (χ4v) is 4.53. The fourth-order valence-electron chi connectivity index (χ4n) is 3.04. The molecule has 1 N–H and O–H groups in total. The summed E-state index contributed by atoms with van der Waals surface area (Å²) in [5, 5.41) is 3.00. The minimum atomic E-state index is -0.507. The molecule has 2 aromatic heterocycles. The van der Waals surface area contributed by atoms with Crippen LogP contribution in [0, 0.1) is 16.3 Å². The van der Waals surface area contributed by atoms with Crippen LogP contribution in [-0.2, 0) is 6.54 Å². The number of thiophene rings is 1. The van der Waals surface area contributed by atoms with E-state index in [-0.39, 0.29) is 11.2 Å². The number of benzene rings is 2. The molecule has 8 heteroatoms. The molecule has 0 bridgehead atoms. The number of aryl methyl sites for hydroxylation is 1. The van der Waals surface area contributed by atoms with E-state index in [1.807, 2.05) is 52.9 Å². The Morgan fingerprint density at radius 1 is 1.24 bits per heavy atom. The highest BCUT2D eigenvalue weighted by Crippen LogP contribution is 2.28. The van der Waals surface area contributed by atoms with Gasteiger partial charge in [-0.2, -0.15) is 0 Å². The number of aromatic nitrogens is 2. The molecule has 0 saturated carbocycles. The fraction of sp³-hybridized carbons (Fsp3) is 0.0952. The summed E-state index contributed by atoms with van der Waals surface area (Å²) in [7, 11) is 0. The van der Waals surface area contributed by atoms with Gasteiger partial charge in [-0.3, -0.25) is 14.2 Å². The summed E-state index contributed by atoms with van der Waals surface area (Å²) in [6, 6.07) is 14.2. The van der Waals surface area contributed by atoms with Crippen LogP contribution in [0.2, 0.25) is 0 Å². The predicted octanol–water partition coefficient (Wildman–Crippen LogP) is 4.81. The Labute approximate surface area is 183 Å². The number of nitrogens with one attached hydrogen (secondary N) is 1. The van der Waals surface area contributed by atoms with Crippen molar-refractivity contribution >= 4 is 55.7 Å². The average molecular weight is 519 g/mol. The minimum absolute atomic E-state index is 0.0988. The molecule has 5 nitrogen and oxygen atoms in total. The first-order valence-electron chi connectivity index (χ1n) is 8.73. The maximum absolute atomic E-state index is 14.1. The first kappa shape index (κ1) is 19.7. The second-order valence-corrected chi connectivity index (χ2v) is 8.72. The third-order valence-corrected chi connectivity index (χ3v) is 6.37. The number of hydrogen-bond acceptors (Lipinski definition) is 4. The monoisotopic (exact) mass is 519 g/mol. The van der Waals surface area contributed by atoms with Gasteiger partial charge in [-0.25, -0.2) is 9.37 Å².